The Morgan fingerprint density at radius 1 is 1.91 bits per heavy atom. The minimum absolute atomic E-state index is 0.230. The molecule has 0 saturated carbocycles. The lowest BCUT2D eigenvalue weighted by molar-refractivity contribution is 0.320. The highest BCUT2D eigenvalue weighted by Gasteiger charge is 2.07. The Hall–Kier alpha value is -1.43. The van der Waals surface area contributed by atoms with Crippen LogP contribution in [0, 0.1) is 0 Å². The van der Waals surface area contributed by atoms with Gasteiger partial charge >= 0.3 is 0 Å². The molecule has 0 unspecified atom stereocenters. The maximum atomic E-state index is 10.1. The number of carbonyl (C=O) groups excluding carboxylic acids is 1. The molecular weight excluding hydrogens is 166 g/mol. The van der Waals surface area contributed by atoms with Crippen molar-refractivity contribution in [2.24, 2.45) is 5.16 Å². The van der Waals surface area contributed by atoms with Gasteiger partial charge in [-0.25, -0.2) is 4.98 Å². The minimum Gasteiger partial charge on any atom is -0.410 e. The van der Waals surface area contributed by atoms with Crippen molar-refractivity contribution < 1.29 is 10.0 Å². The van der Waals surface area contributed by atoms with E-state index in [0.29, 0.717) is 5.82 Å². The molecule has 1 aromatic heterocycles. The lowest BCUT2D eigenvalue weighted by atomic mass is 10.4. The van der Waals surface area contributed by atoms with Gasteiger partial charge in [0.05, 0.1) is 0 Å². The van der Waals surface area contributed by atoms with Crippen molar-refractivity contribution in [3.63, 3.8) is 0 Å². The van der Waals surface area contributed by atoms with E-state index >= 15 is 0 Å². The molecule has 0 spiro atoms. The standard InChI is InChI=1S/C5H4N3O2S/c6-4-2-11-5(7-4)3(1-9)8-10/h2,10H,6H2. The summed E-state index contributed by atoms with van der Waals surface area (Å²) in [5, 5.41) is 12.7. The van der Waals surface area contributed by atoms with Crippen LogP contribution in [0.2, 0.25) is 0 Å². The van der Waals surface area contributed by atoms with Gasteiger partial charge in [-0.1, -0.05) is 5.16 Å². The van der Waals surface area contributed by atoms with Gasteiger partial charge in [-0.05, 0) is 0 Å². The van der Waals surface area contributed by atoms with Gasteiger partial charge in [-0.3, -0.25) is 4.79 Å². The Bertz CT molecular complexity index is 294. The lowest BCUT2D eigenvalue weighted by Crippen LogP contribution is -2.01. The molecule has 57 valence electrons. The molecule has 0 bridgehead atoms. The molecule has 1 radical (unpaired) electrons. The van der Waals surface area contributed by atoms with Gasteiger partial charge in [0, 0.05) is 5.38 Å². The van der Waals surface area contributed by atoms with Crippen LogP contribution in [-0.2, 0) is 4.79 Å². The summed E-state index contributed by atoms with van der Waals surface area (Å²) in [5.74, 6) is 0.293. The minimum atomic E-state index is -0.230. The Kier molecular flexibility index (Phi) is 2.17. The smallest absolute Gasteiger partial charge is 0.260 e. The van der Waals surface area contributed by atoms with Crippen LogP contribution < -0.4 is 5.73 Å². The summed E-state index contributed by atoms with van der Waals surface area (Å²) in [7, 11) is 0. The Balaban J connectivity index is 3.00. The summed E-state index contributed by atoms with van der Waals surface area (Å²) in [4.78, 5) is 13.8. The van der Waals surface area contributed by atoms with Gasteiger partial charge in [0.2, 0.25) is 0 Å². The van der Waals surface area contributed by atoms with Crippen molar-refractivity contribution >= 4 is 29.2 Å². The molecule has 0 saturated heterocycles. The second kappa shape index (κ2) is 3.11. The fraction of sp³-hybridized carbons (Fsp3) is 0. The Morgan fingerprint density at radius 3 is 3.00 bits per heavy atom. The molecule has 0 atom stereocenters. The number of hydrogen-bond acceptors (Lipinski definition) is 6. The fourth-order valence-corrected chi connectivity index (χ4v) is 1.14. The maximum Gasteiger partial charge on any atom is 0.260 e. The summed E-state index contributed by atoms with van der Waals surface area (Å²) in [5.41, 5.74) is 5.03. The van der Waals surface area contributed by atoms with Crippen molar-refractivity contribution in [3.8, 4) is 0 Å². The molecule has 0 aliphatic heterocycles. The van der Waals surface area contributed by atoms with E-state index in [1.807, 2.05) is 0 Å². The highest BCUT2D eigenvalue weighted by Crippen LogP contribution is 2.10. The molecule has 5 nitrogen and oxygen atoms in total. The molecule has 1 heterocycles. The molecule has 0 aromatic carbocycles. The number of hydrogen-bond donors (Lipinski definition) is 2. The summed E-state index contributed by atoms with van der Waals surface area (Å²) >= 11 is 1.12. The van der Waals surface area contributed by atoms with Crippen LogP contribution >= 0.6 is 11.3 Å². The molecular formula is C5H4N3O2S. The van der Waals surface area contributed by atoms with E-state index in [4.69, 9.17) is 10.9 Å². The second-order valence-electron chi connectivity index (χ2n) is 1.63. The quantitative estimate of drug-likeness (QED) is 0.372. The summed E-state index contributed by atoms with van der Waals surface area (Å²) in [6, 6.07) is 0. The predicted molar refractivity (Wildman–Crippen MR) is 40.5 cm³/mol. The Morgan fingerprint density at radius 2 is 2.64 bits per heavy atom. The number of thiazole rings is 1. The van der Waals surface area contributed by atoms with E-state index in [-0.39, 0.29) is 10.7 Å². The highest BCUT2D eigenvalue weighted by atomic mass is 32.1. The molecule has 0 fully saturated rings. The van der Waals surface area contributed by atoms with Crippen LogP contribution in [0.4, 0.5) is 5.82 Å². The van der Waals surface area contributed by atoms with Gasteiger partial charge in [0.15, 0.2) is 10.7 Å². The summed E-state index contributed by atoms with van der Waals surface area (Å²) in [6.45, 7) is 0. The third-order valence-corrected chi connectivity index (χ3v) is 1.79. The SMILES string of the molecule is Nc1csc(C([C]=O)=NO)n1. The first-order chi connectivity index (χ1) is 5.27. The average Bonchev–Trinajstić information content (AvgIpc) is 2.39. The van der Waals surface area contributed by atoms with Crippen molar-refractivity contribution in [2.45, 2.75) is 0 Å². The van der Waals surface area contributed by atoms with Crippen molar-refractivity contribution in [3.05, 3.63) is 10.4 Å². The molecule has 0 aliphatic carbocycles. The number of anilines is 1. The van der Waals surface area contributed by atoms with E-state index in [0.717, 1.165) is 11.3 Å². The third-order valence-electron chi connectivity index (χ3n) is 0.921. The van der Waals surface area contributed by atoms with Gasteiger partial charge in [-0.2, -0.15) is 0 Å². The molecule has 6 heteroatoms. The largest absolute Gasteiger partial charge is 0.410 e. The number of oxime groups is 1. The number of nitrogens with two attached hydrogens (primary N) is 1. The maximum absolute atomic E-state index is 10.1. The lowest BCUT2D eigenvalue weighted by Gasteiger charge is -1.84. The van der Waals surface area contributed by atoms with Crippen LogP contribution in [0.15, 0.2) is 10.5 Å². The van der Waals surface area contributed by atoms with Crippen molar-refractivity contribution in [1.29, 1.82) is 0 Å². The zero-order valence-electron chi connectivity index (χ0n) is 5.31. The second-order valence-corrected chi connectivity index (χ2v) is 2.49. The first kappa shape index (κ1) is 7.67. The molecule has 11 heavy (non-hydrogen) atoms. The molecule has 0 amide bonds. The van der Waals surface area contributed by atoms with E-state index < -0.39 is 0 Å². The van der Waals surface area contributed by atoms with Gasteiger partial charge in [0.25, 0.3) is 6.29 Å². The number of aromatic nitrogens is 1. The first-order valence-electron chi connectivity index (χ1n) is 2.59. The van der Waals surface area contributed by atoms with Gasteiger partial charge in [-0.15, -0.1) is 11.3 Å². The predicted octanol–water partition coefficient (Wildman–Crippen LogP) is 0.0133. The van der Waals surface area contributed by atoms with E-state index in [1.165, 1.54) is 11.7 Å². The zero-order valence-corrected chi connectivity index (χ0v) is 6.13. The fourth-order valence-electron chi connectivity index (χ4n) is 0.502. The van der Waals surface area contributed by atoms with Crippen molar-refractivity contribution in [1.82, 2.24) is 4.98 Å². The Labute approximate surface area is 66.2 Å². The van der Waals surface area contributed by atoms with Crippen LogP contribution in [0.3, 0.4) is 0 Å². The average molecular weight is 170 g/mol. The number of nitrogens with zero attached hydrogens (tertiary/aromatic N) is 2. The normalized spacial score (nSPS) is 11.5. The topological polar surface area (TPSA) is 88.6 Å². The van der Waals surface area contributed by atoms with Crippen molar-refractivity contribution in [2.75, 3.05) is 5.73 Å². The van der Waals surface area contributed by atoms with Gasteiger partial charge in [0.1, 0.15) is 5.82 Å². The van der Waals surface area contributed by atoms with E-state index in [2.05, 4.69) is 10.1 Å². The first-order valence-corrected chi connectivity index (χ1v) is 3.47. The van der Waals surface area contributed by atoms with Crippen LogP contribution in [0.5, 0.6) is 0 Å². The molecule has 1 aromatic rings. The summed E-state index contributed by atoms with van der Waals surface area (Å²) in [6.07, 6.45) is 1.42. The highest BCUT2D eigenvalue weighted by molar-refractivity contribution is 7.12. The molecule has 0 aliphatic rings. The van der Waals surface area contributed by atoms with Gasteiger partial charge < -0.3 is 10.9 Å². The molecule has 3 N–H and O–H groups in total. The number of nitrogen functional groups attached to an aromatic ring is 1. The van der Waals surface area contributed by atoms with Crippen LogP contribution in [0.25, 0.3) is 0 Å². The summed E-state index contributed by atoms with van der Waals surface area (Å²) < 4.78 is 0. The monoisotopic (exact) mass is 170 g/mol. The van der Waals surface area contributed by atoms with E-state index in [9.17, 15) is 4.79 Å². The van der Waals surface area contributed by atoms with E-state index in [1.54, 1.807) is 0 Å². The van der Waals surface area contributed by atoms with Crippen LogP contribution in [0.1, 0.15) is 5.01 Å². The number of rotatable bonds is 2. The molecule has 1 rings (SSSR count). The van der Waals surface area contributed by atoms with Crippen LogP contribution in [-0.4, -0.2) is 22.2 Å². The third kappa shape index (κ3) is 1.53. The zero-order chi connectivity index (χ0) is 8.27.